The van der Waals surface area contributed by atoms with E-state index in [2.05, 4.69) is 10.1 Å². The maximum absolute atomic E-state index is 13.7. The Bertz CT molecular complexity index is 1530. The van der Waals surface area contributed by atoms with Crippen molar-refractivity contribution in [1.82, 2.24) is 19.3 Å². The molecule has 0 spiro atoms. The summed E-state index contributed by atoms with van der Waals surface area (Å²) < 4.78 is 30.2. The number of benzene rings is 2. The molecular weight excluding hydrogens is 472 g/mol. The molecule has 4 aromatic rings. The van der Waals surface area contributed by atoms with Crippen molar-refractivity contribution in [3.8, 4) is 5.69 Å². The van der Waals surface area contributed by atoms with Gasteiger partial charge in [-0.25, -0.2) is 18.4 Å². The Labute approximate surface area is 203 Å². The van der Waals surface area contributed by atoms with Crippen molar-refractivity contribution < 1.29 is 13.6 Å². The van der Waals surface area contributed by atoms with Crippen molar-refractivity contribution in [2.24, 2.45) is 0 Å². The van der Waals surface area contributed by atoms with Gasteiger partial charge >= 0.3 is 0 Å². The standard InChI is InChI=1S/C25H21F2N5O2S/c1-14-2-3-15-10-17(27)6-9-21(15)30(14)22(33)11-19-13-35-25-29-23-20(24(34)31(19)25)12-28-32(23)18-7-4-16(26)5-8-18/h4-10,12,14,19H,2-3,11,13H2,1H3. The van der Waals surface area contributed by atoms with E-state index in [1.165, 1.54) is 46.9 Å². The molecule has 2 atom stereocenters. The molecule has 6 rings (SSSR count). The summed E-state index contributed by atoms with van der Waals surface area (Å²) >= 11 is 1.42. The highest BCUT2D eigenvalue weighted by molar-refractivity contribution is 7.99. The van der Waals surface area contributed by atoms with E-state index in [-0.39, 0.29) is 41.6 Å². The van der Waals surface area contributed by atoms with Crippen LogP contribution >= 0.6 is 11.8 Å². The molecule has 0 bridgehead atoms. The fourth-order valence-electron chi connectivity index (χ4n) is 4.95. The van der Waals surface area contributed by atoms with Crippen molar-refractivity contribution in [3.63, 3.8) is 0 Å². The van der Waals surface area contributed by atoms with Gasteiger partial charge in [-0.2, -0.15) is 5.10 Å². The number of amides is 1. The van der Waals surface area contributed by atoms with E-state index < -0.39 is 0 Å². The van der Waals surface area contributed by atoms with Crippen molar-refractivity contribution in [3.05, 3.63) is 76.2 Å². The number of thioether (sulfide) groups is 1. The first-order valence-corrected chi connectivity index (χ1v) is 12.4. The third-order valence-electron chi connectivity index (χ3n) is 6.69. The van der Waals surface area contributed by atoms with Gasteiger partial charge in [0, 0.05) is 23.9 Å². The molecule has 1 amide bonds. The fourth-order valence-corrected chi connectivity index (χ4v) is 6.08. The smallest absolute Gasteiger partial charge is 0.265 e. The Balaban J connectivity index is 1.33. The number of halogens is 2. The van der Waals surface area contributed by atoms with Crippen LogP contribution in [0.25, 0.3) is 16.7 Å². The number of fused-ring (bicyclic) bond motifs is 3. The first-order chi connectivity index (χ1) is 16.9. The zero-order chi connectivity index (χ0) is 24.3. The van der Waals surface area contributed by atoms with E-state index in [9.17, 15) is 18.4 Å². The monoisotopic (exact) mass is 493 g/mol. The summed E-state index contributed by atoms with van der Waals surface area (Å²) in [5, 5.41) is 5.17. The van der Waals surface area contributed by atoms with E-state index in [4.69, 9.17) is 0 Å². The fraction of sp³-hybridized carbons (Fsp3) is 0.280. The first kappa shape index (κ1) is 22.0. The molecule has 178 valence electrons. The van der Waals surface area contributed by atoms with Crippen LogP contribution in [0.1, 0.15) is 31.4 Å². The summed E-state index contributed by atoms with van der Waals surface area (Å²) in [6, 6.07) is 9.98. The van der Waals surface area contributed by atoms with Crippen LogP contribution < -0.4 is 10.5 Å². The summed E-state index contributed by atoms with van der Waals surface area (Å²) in [5.74, 6) is -0.228. The minimum atomic E-state index is -0.363. The Morgan fingerprint density at radius 2 is 1.91 bits per heavy atom. The van der Waals surface area contributed by atoms with Gasteiger partial charge in [0.2, 0.25) is 5.91 Å². The highest BCUT2D eigenvalue weighted by Gasteiger charge is 2.34. The lowest BCUT2D eigenvalue weighted by atomic mass is 9.95. The normalized spacial score (nSPS) is 19.1. The molecular formula is C25H21F2N5O2S. The van der Waals surface area contributed by atoms with Crippen LogP contribution in [-0.2, 0) is 11.2 Å². The van der Waals surface area contributed by atoms with Crippen LogP contribution in [0.15, 0.2) is 58.6 Å². The molecule has 0 saturated heterocycles. The lowest BCUT2D eigenvalue weighted by Gasteiger charge is -2.36. The second-order valence-electron chi connectivity index (χ2n) is 8.93. The van der Waals surface area contributed by atoms with E-state index in [0.29, 0.717) is 27.6 Å². The van der Waals surface area contributed by atoms with Gasteiger partial charge in [0.15, 0.2) is 10.8 Å². The Morgan fingerprint density at radius 1 is 1.14 bits per heavy atom. The molecule has 2 aliphatic rings. The highest BCUT2D eigenvalue weighted by atomic mass is 32.2. The van der Waals surface area contributed by atoms with Gasteiger partial charge in [0.1, 0.15) is 17.0 Å². The number of aromatic nitrogens is 4. The number of rotatable bonds is 3. The zero-order valence-electron chi connectivity index (χ0n) is 18.8. The van der Waals surface area contributed by atoms with Crippen molar-refractivity contribution in [2.75, 3.05) is 10.7 Å². The van der Waals surface area contributed by atoms with Gasteiger partial charge in [0.25, 0.3) is 5.56 Å². The lowest BCUT2D eigenvalue weighted by Crippen LogP contribution is -2.43. The molecule has 2 aromatic heterocycles. The third-order valence-corrected chi connectivity index (χ3v) is 7.79. The summed E-state index contributed by atoms with van der Waals surface area (Å²) in [5.41, 5.74) is 2.30. The third kappa shape index (κ3) is 3.63. The van der Waals surface area contributed by atoms with Crippen LogP contribution in [-0.4, -0.2) is 37.0 Å². The largest absolute Gasteiger partial charge is 0.309 e. The van der Waals surface area contributed by atoms with E-state index in [1.54, 1.807) is 27.7 Å². The van der Waals surface area contributed by atoms with Crippen LogP contribution in [0.2, 0.25) is 0 Å². The topological polar surface area (TPSA) is 73.0 Å². The molecule has 7 nitrogen and oxygen atoms in total. The summed E-state index contributed by atoms with van der Waals surface area (Å²) in [6.07, 6.45) is 3.07. The average molecular weight is 494 g/mol. The van der Waals surface area contributed by atoms with Crippen molar-refractivity contribution in [1.29, 1.82) is 0 Å². The SMILES string of the molecule is CC1CCc2cc(F)ccc2N1C(=O)CC1CSc2nc3c(cnn3-c3ccc(F)cc3)c(=O)n21. The van der Waals surface area contributed by atoms with Gasteiger partial charge in [-0.05, 0) is 67.8 Å². The van der Waals surface area contributed by atoms with Gasteiger partial charge in [-0.15, -0.1) is 0 Å². The number of hydrogen-bond acceptors (Lipinski definition) is 5. The van der Waals surface area contributed by atoms with Gasteiger partial charge < -0.3 is 4.90 Å². The average Bonchev–Trinajstić information content (AvgIpc) is 3.44. The molecule has 4 heterocycles. The van der Waals surface area contributed by atoms with Crippen LogP contribution in [0.4, 0.5) is 14.5 Å². The predicted molar refractivity (Wildman–Crippen MR) is 129 cm³/mol. The number of carbonyl (C=O) groups is 1. The first-order valence-electron chi connectivity index (χ1n) is 11.4. The minimum Gasteiger partial charge on any atom is -0.309 e. The summed E-state index contributed by atoms with van der Waals surface area (Å²) in [6.45, 7) is 1.99. The minimum absolute atomic E-state index is 0.0137. The second-order valence-corrected chi connectivity index (χ2v) is 9.92. The maximum atomic E-state index is 13.7. The molecule has 2 aromatic carbocycles. The quantitative estimate of drug-likeness (QED) is 0.399. The van der Waals surface area contributed by atoms with E-state index in [1.807, 2.05) is 6.92 Å². The highest BCUT2D eigenvalue weighted by Crippen LogP contribution is 2.36. The summed E-state index contributed by atoms with van der Waals surface area (Å²) in [4.78, 5) is 33.3. The van der Waals surface area contributed by atoms with Crippen molar-refractivity contribution in [2.45, 2.75) is 43.4 Å². The molecule has 35 heavy (non-hydrogen) atoms. The van der Waals surface area contributed by atoms with E-state index >= 15 is 0 Å². The van der Waals surface area contributed by atoms with Gasteiger partial charge in [-0.3, -0.25) is 14.2 Å². The number of aryl methyl sites for hydroxylation is 1. The zero-order valence-corrected chi connectivity index (χ0v) is 19.6. The maximum Gasteiger partial charge on any atom is 0.265 e. The number of hydrogen-bond donors (Lipinski definition) is 0. The van der Waals surface area contributed by atoms with Crippen LogP contribution in [0.5, 0.6) is 0 Å². The second kappa shape index (κ2) is 8.30. The van der Waals surface area contributed by atoms with E-state index in [0.717, 1.165) is 24.1 Å². The lowest BCUT2D eigenvalue weighted by molar-refractivity contribution is -0.119. The number of nitrogens with zero attached hydrogens (tertiary/aromatic N) is 5. The Hall–Kier alpha value is -3.53. The number of carbonyl (C=O) groups excluding carboxylic acids is 1. The Morgan fingerprint density at radius 3 is 2.71 bits per heavy atom. The molecule has 2 unspecified atom stereocenters. The van der Waals surface area contributed by atoms with Crippen LogP contribution in [0, 0.1) is 11.6 Å². The molecule has 0 radical (unpaired) electrons. The molecule has 0 fully saturated rings. The Kier molecular flexibility index (Phi) is 5.21. The van der Waals surface area contributed by atoms with Gasteiger partial charge in [-0.1, -0.05) is 11.8 Å². The molecule has 0 saturated carbocycles. The summed E-state index contributed by atoms with van der Waals surface area (Å²) in [7, 11) is 0. The molecule has 2 aliphatic heterocycles. The van der Waals surface area contributed by atoms with Crippen LogP contribution in [0.3, 0.4) is 0 Å². The number of anilines is 1. The predicted octanol–water partition coefficient (Wildman–Crippen LogP) is 4.27. The molecule has 0 N–H and O–H groups in total. The molecule has 10 heteroatoms. The van der Waals surface area contributed by atoms with Crippen molar-refractivity contribution >= 4 is 34.4 Å². The van der Waals surface area contributed by atoms with Gasteiger partial charge in [0.05, 0.1) is 17.9 Å². The molecule has 0 aliphatic carbocycles.